The molecule has 0 aliphatic heterocycles. The topological polar surface area (TPSA) is 15.3 Å². The van der Waals surface area contributed by atoms with E-state index in [0.717, 1.165) is 18.4 Å². The van der Waals surface area contributed by atoms with Crippen LogP contribution in [0.3, 0.4) is 0 Å². The lowest BCUT2D eigenvalue weighted by atomic mass is 10.0. The molecule has 1 atom stereocenters. The van der Waals surface area contributed by atoms with Gasteiger partial charge in [0.25, 0.3) is 0 Å². The minimum atomic E-state index is 0.291. The molecule has 2 aliphatic rings. The molecule has 0 saturated heterocycles. The zero-order valence-electron chi connectivity index (χ0n) is 12.8. The standard InChI is InChI=1S/C16H32N2/c1-5-16(3,4)17-10-13(2)18(11-14-6-7-14)12-15-8-9-15/h13-15,17H,5-12H2,1-4H3. The Balaban J connectivity index is 1.75. The summed E-state index contributed by atoms with van der Waals surface area (Å²) in [5, 5.41) is 3.73. The molecule has 1 unspecified atom stereocenters. The van der Waals surface area contributed by atoms with Gasteiger partial charge >= 0.3 is 0 Å². The van der Waals surface area contributed by atoms with Gasteiger partial charge in [0, 0.05) is 31.2 Å². The van der Waals surface area contributed by atoms with Crippen molar-refractivity contribution in [1.82, 2.24) is 10.2 Å². The highest BCUT2D eigenvalue weighted by molar-refractivity contribution is 4.86. The van der Waals surface area contributed by atoms with Crippen LogP contribution in [-0.4, -0.2) is 36.1 Å². The van der Waals surface area contributed by atoms with Crippen molar-refractivity contribution in [2.45, 2.75) is 71.4 Å². The summed E-state index contributed by atoms with van der Waals surface area (Å²) >= 11 is 0. The smallest absolute Gasteiger partial charge is 0.0192 e. The Kier molecular flexibility index (Phi) is 4.71. The van der Waals surface area contributed by atoms with Crippen LogP contribution in [0.5, 0.6) is 0 Å². The predicted molar refractivity (Wildman–Crippen MR) is 78.9 cm³/mol. The molecule has 106 valence electrons. The Morgan fingerprint density at radius 2 is 1.61 bits per heavy atom. The van der Waals surface area contributed by atoms with Crippen molar-refractivity contribution in [3.8, 4) is 0 Å². The van der Waals surface area contributed by atoms with Crippen LogP contribution in [-0.2, 0) is 0 Å². The maximum Gasteiger partial charge on any atom is 0.0192 e. The molecule has 0 spiro atoms. The highest BCUT2D eigenvalue weighted by Crippen LogP contribution is 2.34. The lowest BCUT2D eigenvalue weighted by molar-refractivity contribution is 0.177. The first-order chi connectivity index (χ1) is 8.50. The number of nitrogens with one attached hydrogen (secondary N) is 1. The van der Waals surface area contributed by atoms with Crippen LogP contribution < -0.4 is 5.32 Å². The zero-order valence-corrected chi connectivity index (χ0v) is 12.8. The molecule has 2 nitrogen and oxygen atoms in total. The fourth-order valence-corrected chi connectivity index (χ4v) is 2.38. The Morgan fingerprint density at radius 1 is 1.11 bits per heavy atom. The highest BCUT2D eigenvalue weighted by atomic mass is 15.2. The summed E-state index contributed by atoms with van der Waals surface area (Å²) in [7, 11) is 0. The van der Waals surface area contributed by atoms with Gasteiger partial charge in [0.1, 0.15) is 0 Å². The Hall–Kier alpha value is -0.0800. The second kappa shape index (κ2) is 5.92. The number of nitrogens with zero attached hydrogens (tertiary/aromatic N) is 1. The number of rotatable bonds is 9. The fourth-order valence-electron chi connectivity index (χ4n) is 2.38. The van der Waals surface area contributed by atoms with E-state index in [1.807, 2.05) is 0 Å². The maximum atomic E-state index is 3.73. The Morgan fingerprint density at radius 3 is 2.00 bits per heavy atom. The van der Waals surface area contributed by atoms with Crippen LogP contribution in [0.1, 0.15) is 59.8 Å². The third kappa shape index (κ3) is 4.89. The normalized spacial score (nSPS) is 22.5. The van der Waals surface area contributed by atoms with Crippen LogP contribution in [0.2, 0.25) is 0 Å². The zero-order chi connectivity index (χ0) is 13.2. The summed E-state index contributed by atoms with van der Waals surface area (Å²) in [5.74, 6) is 2.04. The summed E-state index contributed by atoms with van der Waals surface area (Å²) in [6, 6.07) is 0.692. The van der Waals surface area contributed by atoms with E-state index in [4.69, 9.17) is 0 Å². The largest absolute Gasteiger partial charge is 0.310 e. The summed E-state index contributed by atoms with van der Waals surface area (Å²) in [6.45, 7) is 13.1. The molecular formula is C16H32N2. The molecule has 2 heteroatoms. The van der Waals surface area contributed by atoms with Crippen molar-refractivity contribution in [2.24, 2.45) is 11.8 Å². The molecule has 0 bridgehead atoms. The summed E-state index contributed by atoms with van der Waals surface area (Å²) in [5.41, 5.74) is 0.291. The number of hydrogen-bond acceptors (Lipinski definition) is 2. The van der Waals surface area contributed by atoms with Gasteiger partial charge in [-0.25, -0.2) is 0 Å². The van der Waals surface area contributed by atoms with E-state index in [1.165, 1.54) is 45.2 Å². The maximum absolute atomic E-state index is 3.73. The quantitative estimate of drug-likeness (QED) is 0.677. The molecular weight excluding hydrogens is 220 g/mol. The first-order valence-electron chi connectivity index (χ1n) is 7.99. The van der Waals surface area contributed by atoms with Crippen molar-refractivity contribution in [1.29, 1.82) is 0 Å². The van der Waals surface area contributed by atoms with Gasteiger partial charge in [-0.15, -0.1) is 0 Å². The number of hydrogen-bond donors (Lipinski definition) is 1. The average molecular weight is 252 g/mol. The minimum absolute atomic E-state index is 0.291. The van der Waals surface area contributed by atoms with Crippen molar-refractivity contribution < 1.29 is 0 Å². The highest BCUT2D eigenvalue weighted by Gasteiger charge is 2.31. The van der Waals surface area contributed by atoms with E-state index in [0.29, 0.717) is 11.6 Å². The van der Waals surface area contributed by atoms with E-state index in [9.17, 15) is 0 Å². The molecule has 2 saturated carbocycles. The molecule has 0 amide bonds. The van der Waals surface area contributed by atoms with E-state index in [-0.39, 0.29) is 0 Å². The first-order valence-corrected chi connectivity index (χ1v) is 7.99. The van der Waals surface area contributed by atoms with Crippen molar-refractivity contribution in [2.75, 3.05) is 19.6 Å². The van der Waals surface area contributed by atoms with Crippen LogP contribution in [0, 0.1) is 11.8 Å². The third-order valence-electron chi connectivity index (χ3n) is 4.76. The van der Waals surface area contributed by atoms with Crippen molar-refractivity contribution in [3.63, 3.8) is 0 Å². The summed E-state index contributed by atoms with van der Waals surface area (Å²) in [4.78, 5) is 2.76. The Bertz CT molecular complexity index is 240. The van der Waals surface area contributed by atoms with Crippen molar-refractivity contribution in [3.05, 3.63) is 0 Å². The van der Waals surface area contributed by atoms with Gasteiger partial charge in [-0.1, -0.05) is 6.92 Å². The van der Waals surface area contributed by atoms with Gasteiger partial charge in [-0.2, -0.15) is 0 Å². The Labute approximate surface area is 114 Å². The SMILES string of the molecule is CCC(C)(C)NCC(C)N(CC1CC1)CC1CC1. The van der Waals surface area contributed by atoms with Crippen LogP contribution in [0.25, 0.3) is 0 Å². The molecule has 0 aromatic rings. The van der Waals surface area contributed by atoms with E-state index < -0.39 is 0 Å². The van der Waals surface area contributed by atoms with Crippen molar-refractivity contribution >= 4 is 0 Å². The van der Waals surface area contributed by atoms with Gasteiger partial charge < -0.3 is 5.32 Å². The van der Waals surface area contributed by atoms with E-state index in [2.05, 4.69) is 37.9 Å². The molecule has 2 rings (SSSR count). The molecule has 18 heavy (non-hydrogen) atoms. The summed E-state index contributed by atoms with van der Waals surface area (Å²) in [6.07, 6.45) is 7.10. The van der Waals surface area contributed by atoms with Gasteiger partial charge in [-0.05, 0) is 64.7 Å². The predicted octanol–water partition coefficient (Wildman–Crippen LogP) is 3.28. The third-order valence-corrected chi connectivity index (χ3v) is 4.76. The lowest BCUT2D eigenvalue weighted by Gasteiger charge is -2.33. The lowest BCUT2D eigenvalue weighted by Crippen LogP contribution is -2.48. The molecule has 1 N–H and O–H groups in total. The summed E-state index contributed by atoms with van der Waals surface area (Å²) < 4.78 is 0. The van der Waals surface area contributed by atoms with E-state index in [1.54, 1.807) is 0 Å². The molecule has 0 aromatic heterocycles. The van der Waals surface area contributed by atoms with Gasteiger partial charge in [-0.3, -0.25) is 4.90 Å². The van der Waals surface area contributed by atoms with Gasteiger partial charge in [0.15, 0.2) is 0 Å². The second-order valence-corrected chi connectivity index (χ2v) is 7.31. The molecule has 2 fully saturated rings. The fraction of sp³-hybridized carbons (Fsp3) is 1.00. The van der Waals surface area contributed by atoms with Crippen LogP contribution >= 0.6 is 0 Å². The van der Waals surface area contributed by atoms with Crippen LogP contribution in [0.15, 0.2) is 0 Å². The van der Waals surface area contributed by atoms with Gasteiger partial charge in [0.05, 0.1) is 0 Å². The van der Waals surface area contributed by atoms with Gasteiger partial charge in [0.2, 0.25) is 0 Å². The first kappa shape index (κ1) is 14.3. The molecule has 0 heterocycles. The molecule has 2 aliphatic carbocycles. The molecule has 0 aromatic carbocycles. The molecule has 0 radical (unpaired) electrons. The average Bonchev–Trinajstić information content (AvgIpc) is 3.19. The minimum Gasteiger partial charge on any atom is -0.310 e. The monoisotopic (exact) mass is 252 g/mol. The van der Waals surface area contributed by atoms with E-state index >= 15 is 0 Å². The second-order valence-electron chi connectivity index (χ2n) is 7.31. The van der Waals surface area contributed by atoms with Crippen LogP contribution in [0.4, 0.5) is 0 Å².